The molecule has 0 aliphatic rings. The maximum Gasteiger partial charge on any atom is 0.258 e. The maximum atomic E-state index is 12.8. The van der Waals surface area contributed by atoms with Gasteiger partial charge in [-0.2, -0.15) is 0 Å². The van der Waals surface area contributed by atoms with Crippen LogP contribution in [0.2, 0.25) is 0 Å². The molecule has 6 heteroatoms. The number of hydrogen-bond donors (Lipinski definition) is 0. The van der Waals surface area contributed by atoms with Gasteiger partial charge in [-0.05, 0) is 32.2 Å². The first-order valence-corrected chi connectivity index (χ1v) is 8.79. The van der Waals surface area contributed by atoms with Crippen LogP contribution in [-0.2, 0) is 6.54 Å². The minimum atomic E-state index is -0.0868. The van der Waals surface area contributed by atoms with E-state index in [1.165, 1.54) is 11.8 Å². The fourth-order valence-corrected chi connectivity index (χ4v) is 2.91. The first kappa shape index (κ1) is 17.5. The zero-order chi connectivity index (χ0) is 17.1. The monoisotopic (exact) mass is 333 g/mol. The molecule has 0 aromatic carbocycles. The summed E-state index contributed by atoms with van der Waals surface area (Å²) in [6.07, 6.45) is 1.93. The van der Waals surface area contributed by atoms with Crippen molar-refractivity contribution in [3.05, 3.63) is 40.7 Å². The highest BCUT2D eigenvalue weighted by Crippen LogP contribution is 2.24. The van der Waals surface area contributed by atoms with Crippen LogP contribution in [0.4, 0.5) is 0 Å². The summed E-state index contributed by atoms with van der Waals surface area (Å²) in [5, 5.41) is 0.730. The van der Waals surface area contributed by atoms with Crippen molar-refractivity contribution in [1.29, 1.82) is 0 Å². The molecule has 23 heavy (non-hydrogen) atoms. The topological polar surface area (TPSA) is 59.2 Å². The Balaban J connectivity index is 2.30. The van der Waals surface area contributed by atoms with Crippen molar-refractivity contribution < 1.29 is 9.21 Å². The molecule has 0 aliphatic carbocycles. The summed E-state index contributed by atoms with van der Waals surface area (Å²) in [6, 6.07) is 3.78. The van der Waals surface area contributed by atoms with E-state index in [2.05, 4.69) is 9.97 Å². The molecule has 0 fully saturated rings. The summed E-state index contributed by atoms with van der Waals surface area (Å²) in [5.74, 6) is 2.52. The second-order valence-electron chi connectivity index (χ2n) is 5.88. The summed E-state index contributed by atoms with van der Waals surface area (Å²) in [6.45, 7) is 8.27. The van der Waals surface area contributed by atoms with Crippen LogP contribution in [0.5, 0.6) is 0 Å². The van der Waals surface area contributed by atoms with Gasteiger partial charge in [-0.3, -0.25) is 4.79 Å². The first-order chi connectivity index (χ1) is 10.8. The van der Waals surface area contributed by atoms with Gasteiger partial charge >= 0.3 is 0 Å². The Labute approximate surface area is 141 Å². The van der Waals surface area contributed by atoms with Crippen molar-refractivity contribution in [2.45, 2.75) is 45.2 Å². The van der Waals surface area contributed by atoms with Gasteiger partial charge in [0.25, 0.3) is 5.91 Å². The highest BCUT2D eigenvalue weighted by Gasteiger charge is 2.22. The Morgan fingerprint density at radius 1 is 1.30 bits per heavy atom. The number of carbonyl (C=O) groups is 1. The lowest BCUT2D eigenvalue weighted by Gasteiger charge is -2.19. The van der Waals surface area contributed by atoms with Gasteiger partial charge < -0.3 is 9.32 Å². The van der Waals surface area contributed by atoms with Crippen LogP contribution in [0.25, 0.3) is 0 Å². The van der Waals surface area contributed by atoms with Gasteiger partial charge in [0.15, 0.2) is 0 Å². The Morgan fingerprint density at radius 3 is 2.52 bits per heavy atom. The summed E-state index contributed by atoms with van der Waals surface area (Å²) >= 11 is 1.48. The average molecular weight is 333 g/mol. The van der Waals surface area contributed by atoms with Gasteiger partial charge in [0, 0.05) is 13.0 Å². The quantitative estimate of drug-likeness (QED) is 0.615. The lowest BCUT2D eigenvalue weighted by molar-refractivity contribution is 0.0769. The van der Waals surface area contributed by atoms with Gasteiger partial charge in [0.1, 0.15) is 22.4 Å². The van der Waals surface area contributed by atoms with E-state index in [1.807, 2.05) is 46.1 Å². The molecule has 5 nitrogen and oxygen atoms in total. The Hall–Kier alpha value is -1.82. The normalized spacial score (nSPS) is 11.1. The van der Waals surface area contributed by atoms with Gasteiger partial charge in [0.2, 0.25) is 0 Å². The number of amides is 1. The third-order valence-corrected chi connectivity index (χ3v) is 4.22. The largest absolute Gasteiger partial charge is 0.464 e. The van der Waals surface area contributed by atoms with Crippen LogP contribution < -0.4 is 0 Å². The van der Waals surface area contributed by atoms with Crippen LogP contribution in [0.3, 0.4) is 0 Å². The smallest absolute Gasteiger partial charge is 0.258 e. The fraction of sp³-hybridized carbons (Fsp3) is 0.471. The highest BCUT2D eigenvalue weighted by atomic mass is 32.2. The molecule has 2 rings (SSSR count). The molecule has 124 valence electrons. The van der Waals surface area contributed by atoms with Crippen LogP contribution in [0, 0.1) is 13.8 Å². The molecule has 0 radical (unpaired) electrons. The minimum Gasteiger partial charge on any atom is -0.464 e. The molecule has 0 spiro atoms. The number of thioether (sulfide) groups is 1. The van der Waals surface area contributed by atoms with E-state index in [4.69, 9.17) is 4.42 Å². The summed E-state index contributed by atoms with van der Waals surface area (Å²) in [4.78, 5) is 23.5. The van der Waals surface area contributed by atoms with E-state index >= 15 is 0 Å². The average Bonchev–Trinajstić information content (AvgIpc) is 2.90. The lowest BCUT2D eigenvalue weighted by Crippen LogP contribution is -2.28. The number of hydrogen-bond acceptors (Lipinski definition) is 5. The van der Waals surface area contributed by atoms with Crippen LogP contribution in [0.15, 0.2) is 21.6 Å². The lowest BCUT2D eigenvalue weighted by atomic mass is 10.1. The molecule has 0 saturated carbocycles. The predicted octanol–water partition coefficient (Wildman–Crippen LogP) is 3.80. The first-order valence-electron chi connectivity index (χ1n) is 7.56. The number of furan rings is 1. The zero-order valence-electron chi connectivity index (χ0n) is 14.5. The van der Waals surface area contributed by atoms with Gasteiger partial charge in [-0.15, -0.1) is 11.8 Å². The molecule has 0 bridgehead atoms. The van der Waals surface area contributed by atoms with Crippen molar-refractivity contribution in [3.8, 4) is 0 Å². The highest BCUT2D eigenvalue weighted by molar-refractivity contribution is 7.98. The minimum absolute atomic E-state index is 0.0868. The van der Waals surface area contributed by atoms with E-state index in [0.717, 1.165) is 28.1 Å². The van der Waals surface area contributed by atoms with Crippen molar-refractivity contribution in [2.24, 2.45) is 0 Å². The van der Waals surface area contributed by atoms with Crippen molar-refractivity contribution in [3.63, 3.8) is 0 Å². The van der Waals surface area contributed by atoms with Gasteiger partial charge in [0.05, 0.1) is 17.8 Å². The maximum absolute atomic E-state index is 12.8. The second-order valence-corrected chi connectivity index (χ2v) is 6.67. The fourth-order valence-electron chi connectivity index (χ4n) is 2.29. The molecule has 0 aliphatic heterocycles. The van der Waals surface area contributed by atoms with Crippen molar-refractivity contribution in [1.82, 2.24) is 14.9 Å². The van der Waals surface area contributed by atoms with E-state index < -0.39 is 0 Å². The van der Waals surface area contributed by atoms with Gasteiger partial charge in [-0.25, -0.2) is 9.97 Å². The molecular formula is C17H23N3O2S. The standard InChI is InChI=1S/C17H23N3O2S/c1-10(2)15-18-12(4)14(16(19-15)23-6)17(21)20(5)9-13-8-7-11(3)22-13/h7-8,10H,9H2,1-6H3. The van der Waals surface area contributed by atoms with E-state index in [-0.39, 0.29) is 11.8 Å². The number of rotatable bonds is 5. The van der Waals surface area contributed by atoms with Crippen molar-refractivity contribution in [2.75, 3.05) is 13.3 Å². The Morgan fingerprint density at radius 2 is 2.00 bits per heavy atom. The van der Waals surface area contributed by atoms with E-state index in [9.17, 15) is 4.79 Å². The zero-order valence-corrected chi connectivity index (χ0v) is 15.3. The van der Waals surface area contributed by atoms with Crippen molar-refractivity contribution >= 4 is 17.7 Å². The molecule has 2 aromatic rings. The summed E-state index contributed by atoms with van der Waals surface area (Å²) < 4.78 is 5.55. The molecule has 2 heterocycles. The number of nitrogens with zero attached hydrogens (tertiary/aromatic N) is 3. The molecule has 2 aromatic heterocycles. The van der Waals surface area contributed by atoms with Crippen LogP contribution >= 0.6 is 11.8 Å². The molecule has 0 unspecified atom stereocenters. The third-order valence-electron chi connectivity index (χ3n) is 3.53. The number of carbonyl (C=O) groups excluding carboxylic acids is 1. The third kappa shape index (κ3) is 3.93. The molecule has 0 saturated heterocycles. The second kappa shape index (κ2) is 7.17. The van der Waals surface area contributed by atoms with E-state index in [0.29, 0.717) is 12.1 Å². The van der Waals surface area contributed by atoms with E-state index in [1.54, 1.807) is 11.9 Å². The van der Waals surface area contributed by atoms with Crippen LogP contribution in [0.1, 0.15) is 53.2 Å². The molecule has 0 atom stereocenters. The molecule has 0 N–H and O–H groups in total. The summed E-state index contributed by atoms with van der Waals surface area (Å²) in [7, 11) is 1.76. The SMILES string of the molecule is CSc1nc(C(C)C)nc(C)c1C(=O)N(C)Cc1ccc(C)o1. The van der Waals surface area contributed by atoms with Gasteiger partial charge in [-0.1, -0.05) is 13.8 Å². The molecular weight excluding hydrogens is 310 g/mol. The predicted molar refractivity (Wildman–Crippen MR) is 91.9 cm³/mol. The summed E-state index contributed by atoms with van der Waals surface area (Å²) in [5.41, 5.74) is 1.30. The number of aryl methyl sites for hydroxylation is 2. The molecule has 1 amide bonds. The van der Waals surface area contributed by atoms with Crippen LogP contribution in [-0.4, -0.2) is 34.1 Å². The Kier molecular flexibility index (Phi) is 5.46. The number of aromatic nitrogens is 2. The Bertz CT molecular complexity index is 710.